The number of hydrogen-bond donors (Lipinski definition) is 1. The maximum atomic E-state index is 6.01. The normalized spacial score (nSPS) is 10.4. The number of benzene rings is 1. The van der Waals surface area contributed by atoms with E-state index in [2.05, 4.69) is 48.6 Å². The highest BCUT2D eigenvalue weighted by Crippen LogP contribution is 2.31. The summed E-state index contributed by atoms with van der Waals surface area (Å²) in [4.78, 5) is 1.27. The molecule has 0 saturated carbocycles. The van der Waals surface area contributed by atoms with Crippen LogP contribution in [0.5, 0.6) is 0 Å². The molecule has 1 heterocycles. The van der Waals surface area contributed by atoms with Crippen molar-refractivity contribution in [3.05, 3.63) is 48.5 Å². The molecule has 0 amide bonds. The maximum absolute atomic E-state index is 6.01. The fourth-order valence-corrected chi connectivity index (χ4v) is 3.28. The smallest absolute Gasteiger partial charge is 0.0593 e. The first kappa shape index (κ1) is 12.4. The van der Waals surface area contributed by atoms with Crippen LogP contribution in [-0.2, 0) is 6.54 Å². The summed E-state index contributed by atoms with van der Waals surface area (Å²) in [5.74, 6) is 0. The molecule has 0 spiro atoms. The molecule has 0 aliphatic rings. The van der Waals surface area contributed by atoms with E-state index in [-0.39, 0.29) is 0 Å². The van der Waals surface area contributed by atoms with Gasteiger partial charge < -0.3 is 5.32 Å². The quantitative estimate of drug-likeness (QED) is 0.736. The third-order valence-corrected chi connectivity index (χ3v) is 5.41. The van der Waals surface area contributed by atoms with Crippen molar-refractivity contribution in [2.75, 3.05) is 5.32 Å². The molecule has 5 heteroatoms. The van der Waals surface area contributed by atoms with Crippen molar-refractivity contribution in [2.24, 2.45) is 0 Å². The molecule has 2 rings (SSSR count). The van der Waals surface area contributed by atoms with Crippen LogP contribution < -0.4 is 5.32 Å². The molecule has 1 aromatic heterocycles. The zero-order valence-electron chi connectivity index (χ0n) is 8.14. The zero-order chi connectivity index (χ0) is 11.5. The highest BCUT2D eigenvalue weighted by Gasteiger charge is 2.05. The van der Waals surface area contributed by atoms with E-state index in [4.69, 9.17) is 11.6 Å². The minimum atomic E-state index is 0.718. The van der Waals surface area contributed by atoms with Gasteiger partial charge in [-0.25, -0.2) is 0 Å². The number of hydrogen-bond acceptors (Lipinski definition) is 2. The molecular weight excluding hydrogens is 373 g/mol. The molecule has 2 aromatic rings. The van der Waals surface area contributed by atoms with Crippen molar-refractivity contribution >= 4 is 60.5 Å². The number of nitrogens with one attached hydrogen (secondary N) is 1. The van der Waals surface area contributed by atoms with Gasteiger partial charge in [0, 0.05) is 9.35 Å². The van der Waals surface area contributed by atoms with Crippen molar-refractivity contribution in [3.8, 4) is 0 Å². The maximum Gasteiger partial charge on any atom is 0.0593 e. The Bertz CT molecular complexity index is 498. The predicted octanol–water partition coefficient (Wildman–Crippen LogP) is 5.54. The number of thiophene rings is 1. The van der Waals surface area contributed by atoms with Crippen LogP contribution in [-0.4, -0.2) is 0 Å². The molecule has 1 aromatic carbocycles. The summed E-state index contributed by atoms with van der Waals surface area (Å²) >= 11 is 14.7. The highest BCUT2D eigenvalue weighted by molar-refractivity contribution is 9.11. The van der Waals surface area contributed by atoms with Crippen LogP contribution in [0.4, 0.5) is 5.69 Å². The van der Waals surface area contributed by atoms with Gasteiger partial charge in [-0.3, -0.25) is 0 Å². The topological polar surface area (TPSA) is 12.0 Å². The van der Waals surface area contributed by atoms with Crippen molar-refractivity contribution in [1.29, 1.82) is 0 Å². The number of halogens is 3. The summed E-state index contributed by atoms with van der Waals surface area (Å²) in [7, 11) is 0. The molecule has 0 saturated heterocycles. The largest absolute Gasteiger partial charge is 0.379 e. The van der Waals surface area contributed by atoms with Crippen molar-refractivity contribution in [3.63, 3.8) is 0 Å². The Morgan fingerprint density at radius 2 is 2.06 bits per heavy atom. The lowest BCUT2D eigenvalue weighted by atomic mass is 10.3. The second-order valence-corrected chi connectivity index (χ2v) is 6.20. The van der Waals surface area contributed by atoms with E-state index in [9.17, 15) is 0 Å². The SMILES string of the molecule is Clc1cccc(NCc2sccc2Br)c1Br. The van der Waals surface area contributed by atoms with Gasteiger partial charge in [0.05, 0.1) is 21.7 Å². The van der Waals surface area contributed by atoms with Gasteiger partial charge in [-0.05, 0) is 55.4 Å². The van der Waals surface area contributed by atoms with E-state index in [1.807, 2.05) is 18.2 Å². The lowest BCUT2D eigenvalue weighted by molar-refractivity contribution is 1.18. The summed E-state index contributed by atoms with van der Waals surface area (Å²) < 4.78 is 2.05. The van der Waals surface area contributed by atoms with E-state index in [1.54, 1.807) is 11.3 Å². The molecule has 0 radical (unpaired) electrons. The van der Waals surface area contributed by atoms with E-state index in [0.29, 0.717) is 0 Å². The molecule has 0 bridgehead atoms. The van der Waals surface area contributed by atoms with Crippen molar-refractivity contribution in [1.82, 2.24) is 0 Å². The van der Waals surface area contributed by atoms with E-state index in [0.717, 1.165) is 26.2 Å². The Balaban J connectivity index is 2.11. The van der Waals surface area contributed by atoms with Gasteiger partial charge in [0.2, 0.25) is 0 Å². The molecule has 0 fully saturated rings. The van der Waals surface area contributed by atoms with Gasteiger partial charge in [-0.2, -0.15) is 0 Å². The summed E-state index contributed by atoms with van der Waals surface area (Å²) in [6.45, 7) is 0.789. The Kier molecular flexibility index (Phi) is 4.30. The van der Waals surface area contributed by atoms with E-state index >= 15 is 0 Å². The molecule has 0 aliphatic heterocycles. The second-order valence-electron chi connectivity index (χ2n) is 3.15. The van der Waals surface area contributed by atoms with Crippen molar-refractivity contribution in [2.45, 2.75) is 6.54 Å². The minimum Gasteiger partial charge on any atom is -0.379 e. The molecule has 84 valence electrons. The zero-order valence-corrected chi connectivity index (χ0v) is 12.9. The first-order valence-corrected chi connectivity index (χ1v) is 7.42. The molecule has 1 N–H and O–H groups in total. The van der Waals surface area contributed by atoms with Crippen molar-refractivity contribution < 1.29 is 0 Å². The Labute approximate surface area is 120 Å². The summed E-state index contributed by atoms with van der Waals surface area (Å²) in [5, 5.41) is 6.13. The second kappa shape index (κ2) is 5.54. The van der Waals surface area contributed by atoms with Gasteiger partial charge in [0.25, 0.3) is 0 Å². The molecular formula is C11H8Br2ClNS. The van der Waals surface area contributed by atoms with E-state index in [1.165, 1.54) is 4.88 Å². The molecule has 0 unspecified atom stereocenters. The van der Waals surface area contributed by atoms with Crippen LogP contribution in [0.15, 0.2) is 38.6 Å². The number of anilines is 1. The highest BCUT2D eigenvalue weighted by atomic mass is 79.9. The van der Waals surface area contributed by atoms with Crippen LogP contribution in [0.25, 0.3) is 0 Å². The fourth-order valence-electron chi connectivity index (χ4n) is 1.27. The predicted molar refractivity (Wildman–Crippen MR) is 78.5 cm³/mol. The Morgan fingerprint density at radius 3 is 2.75 bits per heavy atom. The van der Waals surface area contributed by atoms with Crippen LogP contribution >= 0.6 is 54.8 Å². The van der Waals surface area contributed by atoms with Gasteiger partial charge in [-0.15, -0.1) is 11.3 Å². The third kappa shape index (κ3) is 2.80. The fraction of sp³-hybridized carbons (Fsp3) is 0.0909. The van der Waals surface area contributed by atoms with Crippen LogP contribution in [0.2, 0.25) is 5.02 Å². The van der Waals surface area contributed by atoms with Gasteiger partial charge >= 0.3 is 0 Å². The Morgan fingerprint density at radius 1 is 1.25 bits per heavy atom. The molecule has 1 nitrogen and oxygen atoms in total. The Hall–Kier alpha value is -0.0300. The molecule has 16 heavy (non-hydrogen) atoms. The third-order valence-electron chi connectivity index (χ3n) is 2.08. The lowest BCUT2D eigenvalue weighted by Gasteiger charge is -2.08. The van der Waals surface area contributed by atoms with Gasteiger partial charge in [-0.1, -0.05) is 17.7 Å². The van der Waals surface area contributed by atoms with Gasteiger partial charge in [0.1, 0.15) is 0 Å². The standard InChI is InChI=1S/C11H8Br2ClNS/c12-7-4-5-16-10(7)6-15-9-3-1-2-8(14)11(9)13/h1-5,15H,6H2. The number of rotatable bonds is 3. The summed E-state index contributed by atoms with van der Waals surface area (Å²) in [6, 6.07) is 7.84. The first-order chi connectivity index (χ1) is 7.68. The van der Waals surface area contributed by atoms with Crippen LogP contribution in [0.3, 0.4) is 0 Å². The molecule has 0 aliphatic carbocycles. The average Bonchev–Trinajstić information content (AvgIpc) is 2.67. The van der Waals surface area contributed by atoms with Crippen LogP contribution in [0, 0.1) is 0 Å². The minimum absolute atomic E-state index is 0.718. The van der Waals surface area contributed by atoms with Crippen LogP contribution in [0.1, 0.15) is 4.88 Å². The van der Waals surface area contributed by atoms with Gasteiger partial charge in [0.15, 0.2) is 0 Å². The van der Waals surface area contributed by atoms with E-state index < -0.39 is 0 Å². The lowest BCUT2D eigenvalue weighted by Crippen LogP contribution is -1.98. The summed E-state index contributed by atoms with van der Waals surface area (Å²) in [6.07, 6.45) is 0. The summed E-state index contributed by atoms with van der Waals surface area (Å²) in [5.41, 5.74) is 1.01. The molecule has 0 atom stereocenters. The monoisotopic (exact) mass is 379 g/mol. The average molecular weight is 382 g/mol. The first-order valence-electron chi connectivity index (χ1n) is 4.58.